The van der Waals surface area contributed by atoms with Gasteiger partial charge in [0, 0.05) is 26.1 Å². The Morgan fingerprint density at radius 3 is 2.69 bits per heavy atom. The van der Waals surface area contributed by atoms with Gasteiger partial charge in [-0.2, -0.15) is 5.10 Å². The number of amides is 2. The van der Waals surface area contributed by atoms with E-state index in [4.69, 9.17) is 4.74 Å². The van der Waals surface area contributed by atoms with E-state index in [1.807, 2.05) is 4.90 Å². The number of rotatable bonds is 7. The monoisotopic (exact) mass is 484 g/mol. The van der Waals surface area contributed by atoms with Gasteiger partial charge in [-0.1, -0.05) is 12.1 Å². The highest BCUT2D eigenvalue weighted by atomic mass is 19.1. The number of carbonyl (C=O) groups excluding carboxylic acids is 2. The van der Waals surface area contributed by atoms with E-state index in [0.717, 1.165) is 0 Å². The van der Waals surface area contributed by atoms with Crippen LogP contribution in [0.25, 0.3) is 0 Å². The van der Waals surface area contributed by atoms with Crippen LogP contribution < -0.4 is 15.1 Å². The van der Waals surface area contributed by atoms with Gasteiger partial charge in [-0.25, -0.2) is 9.18 Å². The van der Waals surface area contributed by atoms with E-state index in [9.17, 15) is 24.1 Å². The number of cyclic esters (lactones) is 1. The third-order valence-corrected chi connectivity index (χ3v) is 5.79. The molecule has 1 N–H and O–H groups in total. The number of hydrogen-bond donors (Lipinski definition) is 1. The van der Waals surface area contributed by atoms with Crippen molar-refractivity contribution < 1.29 is 23.6 Å². The highest BCUT2D eigenvalue weighted by Crippen LogP contribution is 2.28. The lowest BCUT2D eigenvalue weighted by molar-refractivity contribution is -0.385. The van der Waals surface area contributed by atoms with E-state index in [2.05, 4.69) is 10.4 Å². The summed E-state index contributed by atoms with van der Waals surface area (Å²) >= 11 is 0. The summed E-state index contributed by atoms with van der Waals surface area (Å²) in [6, 6.07) is 11.0. The summed E-state index contributed by atoms with van der Waals surface area (Å²) in [7, 11) is 0. The van der Waals surface area contributed by atoms with Gasteiger partial charge >= 0.3 is 6.09 Å². The number of benzene rings is 2. The molecule has 2 aromatic rings. The van der Waals surface area contributed by atoms with Crippen LogP contribution in [0.3, 0.4) is 0 Å². The van der Waals surface area contributed by atoms with Crippen LogP contribution in [0.2, 0.25) is 0 Å². The van der Waals surface area contributed by atoms with Crippen molar-refractivity contribution in [2.45, 2.75) is 13.0 Å². The zero-order chi connectivity index (χ0) is 24.9. The third kappa shape index (κ3) is 5.65. The zero-order valence-corrected chi connectivity index (χ0v) is 19.1. The molecule has 1 atom stereocenters. The van der Waals surface area contributed by atoms with Gasteiger partial charge in [-0.3, -0.25) is 24.8 Å². The number of piperazine rings is 1. The van der Waals surface area contributed by atoms with Gasteiger partial charge in [-0.05, 0) is 24.3 Å². The Kier molecular flexibility index (Phi) is 7.09. The van der Waals surface area contributed by atoms with Gasteiger partial charge < -0.3 is 15.0 Å². The maximum atomic E-state index is 15.0. The molecule has 2 aliphatic heterocycles. The summed E-state index contributed by atoms with van der Waals surface area (Å²) < 4.78 is 20.2. The fourth-order valence-electron chi connectivity index (χ4n) is 3.98. The number of nitro groups is 1. The smallest absolute Gasteiger partial charge is 0.414 e. The first-order valence-corrected chi connectivity index (χ1v) is 11.1. The predicted octanol–water partition coefficient (Wildman–Crippen LogP) is 2.35. The van der Waals surface area contributed by atoms with Crippen LogP contribution >= 0.6 is 0 Å². The maximum absolute atomic E-state index is 15.0. The summed E-state index contributed by atoms with van der Waals surface area (Å²) in [6.45, 7) is 3.84. The second-order valence-electron chi connectivity index (χ2n) is 8.19. The molecule has 2 aromatic carbocycles. The normalized spacial score (nSPS) is 18.2. The second-order valence-corrected chi connectivity index (χ2v) is 8.19. The van der Waals surface area contributed by atoms with Crippen molar-refractivity contribution in [1.29, 1.82) is 0 Å². The molecule has 0 radical (unpaired) electrons. The number of nitrogens with zero attached hydrogens (tertiary/aromatic N) is 5. The molecule has 2 fully saturated rings. The number of carbonyl (C=O) groups is 2. The Hall–Kier alpha value is -4.22. The minimum absolute atomic E-state index is 0.0135. The molecule has 2 amide bonds. The van der Waals surface area contributed by atoms with Crippen molar-refractivity contribution >= 4 is 35.3 Å². The molecule has 0 aliphatic carbocycles. The van der Waals surface area contributed by atoms with Crippen LogP contribution in [0, 0.1) is 15.9 Å². The SMILES string of the molecule is CC(=O)NC[C@H]1CN(c2ccc(N3CCN(N=Cc4ccccc4[N+](=O)[O-])CC3)c(F)c2)C(=O)O1. The first kappa shape index (κ1) is 23.9. The lowest BCUT2D eigenvalue weighted by Gasteiger charge is -2.34. The van der Waals surface area contributed by atoms with Crippen molar-refractivity contribution in [3.63, 3.8) is 0 Å². The molecule has 0 spiro atoms. The zero-order valence-electron chi connectivity index (χ0n) is 19.1. The number of nitro benzene ring substituents is 1. The van der Waals surface area contributed by atoms with Crippen molar-refractivity contribution in [2.24, 2.45) is 5.10 Å². The number of hydrogen-bond acceptors (Lipinski definition) is 8. The summed E-state index contributed by atoms with van der Waals surface area (Å²) in [5.41, 5.74) is 1.20. The molecule has 184 valence electrons. The van der Waals surface area contributed by atoms with Crippen LogP contribution in [0.5, 0.6) is 0 Å². The topological polar surface area (TPSA) is 121 Å². The molecule has 0 unspecified atom stereocenters. The lowest BCUT2D eigenvalue weighted by atomic mass is 10.2. The number of halogens is 1. The van der Waals surface area contributed by atoms with Crippen LogP contribution in [0.1, 0.15) is 12.5 Å². The van der Waals surface area contributed by atoms with Crippen molar-refractivity contribution in [1.82, 2.24) is 10.3 Å². The first-order valence-electron chi connectivity index (χ1n) is 11.1. The maximum Gasteiger partial charge on any atom is 0.414 e. The average molecular weight is 484 g/mol. The number of anilines is 2. The average Bonchev–Trinajstić information content (AvgIpc) is 3.22. The molecular formula is C23H25FN6O5. The highest BCUT2D eigenvalue weighted by Gasteiger charge is 2.33. The number of ether oxygens (including phenoxy) is 1. The Bertz CT molecular complexity index is 1150. The molecule has 4 rings (SSSR count). The van der Waals surface area contributed by atoms with Crippen LogP contribution in [-0.4, -0.2) is 73.5 Å². The third-order valence-electron chi connectivity index (χ3n) is 5.79. The number of hydrazone groups is 1. The first-order chi connectivity index (χ1) is 16.8. The minimum Gasteiger partial charge on any atom is -0.442 e. The Balaban J connectivity index is 1.35. The summed E-state index contributed by atoms with van der Waals surface area (Å²) in [6.07, 6.45) is 0.384. The quantitative estimate of drug-likeness (QED) is 0.364. The van der Waals surface area contributed by atoms with Crippen molar-refractivity contribution in [2.75, 3.05) is 49.1 Å². The van der Waals surface area contributed by atoms with E-state index in [1.54, 1.807) is 35.3 Å². The van der Waals surface area contributed by atoms with Gasteiger partial charge in [0.2, 0.25) is 5.91 Å². The molecule has 2 aliphatic rings. The second kappa shape index (κ2) is 10.4. The fourth-order valence-corrected chi connectivity index (χ4v) is 3.98. The van der Waals surface area contributed by atoms with Crippen LogP contribution in [0.15, 0.2) is 47.6 Å². The Morgan fingerprint density at radius 2 is 2.00 bits per heavy atom. The fraction of sp³-hybridized carbons (Fsp3) is 0.348. The minimum atomic E-state index is -0.586. The molecule has 2 saturated heterocycles. The van der Waals surface area contributed by atoms with E-state index in [1.165, 1.54) is 30.2 Å². The molecule has 0 bridgehead atoms. The van der Waals surface area contributed by atoms with E-state index in [-0.39, 0.29) is 24.7 Å². The summed E-state index contributed by atoms with van der Waals surface area (Å²) in [4.78, 5) is 37.2. The molecule has 0 saturated carbocycles. The lowest BCUT2D eigenvalue weighted by Crippen LogP contribution is -2.44. The van der Waals surface area contributed by atoms with E-state index in [0.29, 0.717) is 43.1 Å². The van der Waals surface area contributed by atoms with Gasteiger partial charge in [-0.15, -0.1) is 0 Å². The summed E-state index contributed by atoms with van der Waals surface area (Å²) in [5, 5.41) is 19.9. The van der Waals surface area contributed by atoms with Crippen LogP contribution in [0.4, 0.5) is 26.2 Å². The molecule has 11 nitrogen and oxygen atoms in total. The van der Waals surface area contributed by atoms with Crippen molar-refractivity contribution in [3.05, 3.63) is 64.0 Å². The highest BCUT2D eigenvalue weighted by molar-refractivity contribution is 5.90. The largest absolute Gasteiger partial charge is 0.442 e. The number of nitrogens with one attached hydrogen (secondary N) is 1. The van der Waals surface area contributed by atoms with Gasteiger partial charge in [0.05, 0.1) is 54.3 Å². The molecule has 2 heterocycles. The van der Waals surface area contributed by atoms with E-state index >= 15 is 0 Å². The predicted molar refractivity (Wildman–Crippen MR) is 127 cm³/mol. The van der Waals surface area contributed by atoms with E-state index < -0.39 is 22.9 Å². The molecule has 0 aromatic heterocycles. The Morgan fingerprint density at radius 1 is 1.26 bits per heavy atom. The molecular weight excluding hydrogens is 459 g/mol. The van der Waals surface area contributed by atoms with Gasteiger partial charge in [0.25, 0.3) is 5.69 Å². The van der Waals surface area contributed by atoms with Crippen molar-refractivity contribution in [3.8, 4) is 0 Å². The Labute approximate surface area is 200 Å². The molecule has 35 heavy (non-hydrogen) atoms. The standard InChI is InChI=1S/C23H25FN6O5/c1-16(31)25-14-19-15-29(23(32)35-19)18-6-7-22(20(24)12-18)27-8-10-28(11-9-27)26-13-17-4-2-3-5-21(17)30(33)34/h2-7,12-13,19H,8-11,14-15H2,1H3,(H,25,31)/t19-/m0/s1. The molecule has 12 heteroatoms. The van der Waals surface area contributed by atoms with Gasteiger partial charge in [0.15, 0.2) is 0 Å². The number of para-hydroxylation sites is 1. The summed E-state index contributed by atoms with van der Waals surface area (Å²) in [5.74, 6) is -0.681. The van der Waals surface area contributed by atoms with Crippen LogP contribution in [-0.2, 0) is 9.53 Å². The van der Waals surface area contributed by atoms with Gasteiger partial charge in [0.1, 0.15) is 11.9 Å².